The Balaban J connectivity index is 0.000000196. The third-order valence-electron chi connectivity index (χ3n) is 3.25. The second kappa shape index (κ2) is 9.31. The molecule has 1 N–H and O–H groups in total. The third-order valence-corrected chi connectivity index (χ3v) is 3.69. The molecule has 0 spiro atoms. The van der Waals surface area contributed by atoms with Crippen LogP contribution in [-0.4, -0.2) is 58.2 Å². The number of amides is 1. The number of carboxylic acids is 1. The number of carboxylic acid groups (broad SMARTS) is 1. The third kappa shape index (κ3) is 5.97. The smallest absolute Gasteiger partial charge is 0.337 e. The van der Waals surface area contributed by atoms with Crippen molar-refractivity contribution in [1.82, 2.24) is 14.9 Å². The number of carbonyl (C=O) groups excluding carboxylic acids is 1. The van der Waals surface area contributed by atoms with Gasteiger partial charge in [-0.15, -0.1) is 0 Å². The molecule has 3 heterocycles. The van der Waals surface area contributed by atoms with E-state index in [-0.39, 0.29) is 11.5 Å². The van der Waals surface area contributed by atoms with Gasteiger partial charge in [-0.05, 0) is 24.3 Å². The molecule has 0 unspecified atom stereocenters. The second-order valence-corrected chi connectivity index (χ2v) is 5.72. The van der Waals surface area contributed by atoms with Gasteiger partial charge in [-0.3, -0.25) is 4.79 Å². The Bertz CT molecular complexity index is 717. The summed E-state index contributed by atoms with van der Waals surface area (Å²) in [4.78, 5) is 31.4. The minimum absolute atomic E-state index is 0.0116. The number of nitrogens with zero attached hydrogens (tertiary/aromatic N) is 3. The van der Waals surface area contributed by atoms with Crippen molar-refractivity contribution in [1.29, 1.82) is 0 Å². The fourth-order valence-corrected chi connectivity index (χ4v) is 2.18. The Kier molecular flexibility index (Phi) is 7.12. The number of ether oxygens (including phenoxy) is 1. The molecule has 1 aliphatic heterocycles. The lowest BCUT2D eigenvalue weighted by molar-refractivity contribution is 0.0302. The number of carbonyl (C=O) groups is 2. The maximum atomic E-state index is 11.9. The summed E-state index contributed by atoms with van der Waals surface area (Å²) < 4.78 is 5.17. The lowest BCUT2D eigenvalue weighted by atomic mass is 10.2. The summed E-state index contributed by atoms with van der Waals surface area (Å²) in [5.41, 5.74) is 0.714. The Labute approximate surface area is 154 Å². The van der Waals surface area contributed by atoms with Crippen molar-refractivity contribution in [2.75, 3.05) is 26.3 Å². The lowest BCUT2D eigenvalue weighted by Gasteiger charge is -2.26. The SMILES string of the molecule is O=C(O)c1ccc(Cl)nc1.O=C(c1ccc(Cl)nc1)N1CCOCC1. The highest BCUT2D eigenvalue weighted by Gasteiger charge is 2.18. The highest BCUT2D eigenvalue weighted by atomic mass is 35.5. The largest absolute Gasteiger partial charge is 0.478 e. The fraction of sp³-hybridized carbons (Fsp3) is 0.250. The van der Waals surface area contributed by atoms with Gasteiger partial charge in [0, 0.05) is 25.5 Å². The standard InChI is InChI=1S/C10H11ClN2O2.C6H4ClNO2/c11-9-2-1-8(7-12-9)10(14)13-3-5-15-6-4-13;7-5-2-1-4(3-8-5)6(9)10/h1-2,7H,3-6H2;1-3H,(H,9,10). The lowest BCUT2D eigenvalue weighted by Crippen LogP contribution is -2.40. The molecule has 132 valence electrons. The molecular weight excluding hydrogens is 369 g/mol. The highest BCUT2D eigenvalue weighted by Crippen LogP contribution is 2.09. The predicted octanol–water partition coefficient (Wildman–Crippen LogP) is 2.64. The van der Waals surface area contributed by atoms with Crippen LogP contribution in [0.4, 0.5) is 0 Å². The monoisotopic (exact) mass is 383 g/mol. The van der Waals surface area contributed by atoms with E-state index in [4.69, 9.17) is 33.0 Å². The van der Waals surface area contributed by atoms with Crippen LogP contribution in [0.2, 0.25) is 10.3 Å². The maximum Gasteiger partial charge on any atom is 0.337 e. The van der Waals surface area contributed by atoms with Gasteiger partial charge in [0.25, 0.3) is 5.91 Å². The quantitative estimate of drug-likeness (QED) is 0.801. The number of aromatic nitrogens is 2. The van der Waals surface area contributed by atoms with Crippen LogP contribution in [0.15, 0.2) is 36.7 Å². The first-order valence-corrected chi connectivity index (χ1v) is 8.06. The van der Waals surface area contributed by atoms with E-state index in [0.29, 0.717) is 42.2 Å². The zero-order valence-electron chi connectivity index (χ0n) is 13.1. The van der Waals surface area contributed by atoms with Gasteiger partial charge in [-0.25, -0.2) is 14.8 Å². The number of hydrogen-bond donors (Lipinski definition) is 1. The number of morpholine rings is 1. The molecule has 2 aromatic heterocycles. The first-order valence-electron chi connectivity index (χ1n) is 7.31. The summed E-state index contributed by atoms with van der Waals surface area (Å²) >= 11 is 11.1. The van der Waals surface area contributed by atoms with E-state index in [1.165, 1.54) is 24.5 Å². The number of halogens is 2. The molecule has 0 radical (unpaired) electrons. The van der Waals surface area contributed by atoms with Crippen LogP contribution >= 0.6 is 23.2 Å². The van der Waals surface area contributed by atoms with Crippen molar-refractivity contribution in [3.05, 3.63) is 58.1 Å². The molecule has 1 aliphatic rings. The Morgan fingerprint density at radius 2 is 1.48 bits per heavy atom. The van der Waals surface area contributed by atoms with Crippen molar-refractivity contribution in [3.63, 3.8) is 0 Å². The topological polar surface area (TPSA) is 92.6 Å². The van der Waals surface area contributed by atoms with Crippen LogP contribution < -0.4 is 0 Å². The summed E-state index contributed by atoms with van der Waals surface area (Å²) in [5.74, 6) is -1.01. The Hall–Kier alpha value is -2.22. The molecule has 1 saturated heterocycles. The average molecular weight is 384 g/mol. The van der Waals surface area contributed by atoms with Crippen molar-refractivity contribution in [3.8, 4) is 0 Å². The van der Waals surface area contributed by atoms with Crippen molar-refractivity contribution < 1.29 is 19.4 Å². The van der Waals surface area contributed by atoms with Gasteiger partial charge in [-0.2, -0.15) is 0 Å². The van der Waals surface area contributed by atoms with Crippen LogP contribution in [0.1, 0.15) is 20.7 Å². The van der Waals surface area contributed by atoms with Crippen LogP contribution in [0.3, 0.4) is 0 Å². The van der Waals surface area contributed by atoms with Crippen LogP contribution in [0.5, 0.6) is 0 Å². The Morgan fingerprint density at radius 3 is 1.92 bits per heavy atom. The molecule has 25 heavy (non-hydrogen) atoms. The zero-order chi connectivity index (χ0) is 18.2. The maximum absolute atomic E-state index is 11.9. The number of pyridine rings is 2. The normalized spacial score (nSPS) is 13.6. The van der Waals surface area contributed by atoms with Gasteiger partial charge in [0.1, 0.15) is 10.3 Å². The van der Waals surface area contributed by atoms with E-state index in [2.05, 4.69) is 9.97 Å². The average Bonchev–Trinajstić information content (AvgIpc) is 2.63. The number of hydrogen-bond acceptors (Lipinski definition) is 5. The first-order chi connectivity index (χ1) is 12.0. The van der Waals surface area contributed by atoms with E-state index < -0.39 is 5.97 Å². The Morgan fingerprint density at radius 1 is 0.960 bits per heavy atom. The van der Waals surface area contributed by atoms with Crippen molar-refractivity contribution >= 4 is 35.1 Å². The molecule has 0 atom stereocenters. The minimum atomic E-state index is -0.996. The summed E-state index contributed by atoms with van der Waals surface area (Å²) in [6, 6.07) is 6.14. The molecule has 2 aromatic rings. The van der Waals surface area contributed by atoms with Crippen LogP contribution in [0.25, 0.3) is 0 Å². The molecule has 1 fully saturated rings. The molecule has 9 heteroatoms. The van der Waals surface area contributed by atoms with E-state index in [0.717, 1.165) is 0 Å². The van der Waals surface area contributed by atoms with Gasteiger partial charge >= 0.3 is 5.97 Å². The molecule has 0 saturated carbocycles. The molecule has 1 amide bonds. The van der Waals surface area contributed by atoms with Gasteiger partial charge in [0.2, 0.25) is 0 Å². The van der Waals surface area contributed by atoms with E-state index in [1.54, 1.807) is 17.0 Å². The highest BCUT2D eigenvalue weighted by molar-refractivity contribution is 6.29. The number of rotatable bonds is 2. The first kappa shape index (κ1) is 19.1. The van der Waals surface area contributed by atoms with Crippen molar-refractivity contribution in [2.45, 2.75) is 0 Å². The van der Waals surface area contributed by atoms with E-state index >= 15 is 0 Å². The summed E-state index contributed by atoms with van der Waals surface area (Å²) in [5, 5.41) is 9.09. The van der Waals surface area contributed by atoms with Crippen LogP contribution in [-0.2, 0) is 4.74 Å². The van der Waals surface area contributed by atoms with Gasteiger partial charge < -0.3 is 14.7 Å². The summed E-state index contributed by atoms with van der Waals surface area (Å²) in [6.45, 7) is 2.49. The second-order valence-electron chi connectivity index (χ2n) is 4.95. The molecule has 3 rings (SSSR count). The minimum Gasteiger partial charge on any atom is -0.478 e. The van der Waals surface area contributed by atoms with Crippen molar-refractivity contribution in [2.24, 2.45) is 0 Å². The zero-order valence-corrected chi connectivity index (χ0v) is 14.6. The van der Waals surface area contributed by atoms with E-state index in [9.17, 15) is 9.59 Å². The summed E-state index contributed by atoms with van der Waals surface area (Å²) in [6.07, 6.45) is 2.71. The predicted molar refractivity (Wildman–Crippen MR) is 92.2 cm³/mol. The summed E-state index contributed by atoms with van der Waals surface area (Å²) in [7, 11) is 0. The van der Waals surface area contributed by atoms with Gasteiger partial charge in [-0.1, -0.05) is 23.2 Å². The van der Waals surface area contributed by atoms with Gasteiger partial charge in [0.05, 0.1) is 24.3 Å². The molecule has 0 aromatic carbocycles. The molecule has 0 aliphatic carbocycles. The van der Waals surface area contributed by atoms with E-state index in [1.807, 2.05) is 0 Å². The molecule has 7 nitrogen and oxygen atoms in total. The van der Waals surface area contributed by atoms with Gasteiger partial charge in [0.15, 0.2) is 0 Å². The number of aromatic carboxylic acids is 1. The van der Waals surface area contributed by atoms with Crippen LogP contribution in [0, 0.1) is 0 Å². The molecule has 0 bridgehead atoms. The fourth-order valence-electron chi connectivity index (χ4n) is 1.95. The molecular formula is C16H15Cl2N3O4.